The summed E-state index contributed by atoms with van der Waals surface area (Å²) < 4.78 is 0. The molecule has 0 bridgehead atoms. The Bertz CT molecular complexity index is 157. The van der Waals surface area contributed by atoms with Gasteiger partial charge in [-0.15, -0.1) is 0 Å². The third-order valence-corrected chi connectivity index (χ3v) is 2.15. The van der Waals surface area contributed by atoms with E-state index < -0.39 is 6.17 Å². The molecule has 12 heavy (non-hydrogen) atoms. The van der Waals surface area contributed by atoms with Gasteiger partial charge in [0.15, 0.2) is 0 Å². The summed E-state index contributed by atoms with van der Waals surface area (Å²) in [5, 5.41) is 13.1. The highest BCUT2D eigenvalue weighted by atomic mass is 16.6. The molecule has 1 rings (SSSR count). The minimum absolute atomic E-state index is 0.184. The third kappa shape index (κ3) is 3.15. The average molecular weight is 173 g/mol. The van der Waals surface area contributed by atoms with E-state index in [0.29, 0.717) is 6.04 Å². The second kappa shape index (κ2) is 4.37. The molecule has 1 aliphatic rings. The molecule has 70 valence electrons. The number of nitro groups is 1. The first-order valence-corrected chi connectivity index (χ1v) is 4.32. The molecule has 1 aliphatic carbocycles. The molecule has 0 aromatic heterocycles. The molecule has 0 spiro atoms. The van der Waals surface area contributed by atoms with Crippen molar-refractivity contribution >= 4 is 0 Å². The van der Waals surface area contributed by atoms with Crippen LogP contribution in [0, 0.1) is 10.1 Å². The smallest absolute Gasteiger partial charge is 0.231 e. The molecule has 0 radical (unpaired) electrons. The van der Waals surface area contributed by atoms with E-state index >= 15 is 0 Å². The van der Waals surface area contributed by atoms with Crippen molar-refractivity contribution < 1.29 is 4.92 Å². The van der Waals surface area contributed by atoms with Crippen LogP contribution in [0.5, 0.6) is 0 Å². The molecule has 1 unspecified atom stereocenters. The number of nitrogens with one attached hydrogen (secondary N) is 1. The van der Waals surface area contributed by atoms with Crippen LogP contribution < -0.4 is 11.1 Å². The summed E-state index contributed by atoms with van der Waals surface area (Å²) in [6.07, 6.45) is 4.14. The molecule has 0 amide bonds. The van der Waals surface area contributed by atoms with Crippen molar-refractivity contribution in [3.05, 3.63) is 10.1 Å². The molecule has 1 atom stereocenters. The van der Waals surface area contributed by atoms with Crippen molar-refractivity contribution in [1.82, 2.24) is 5.32 Å². The highest BCUT2D eigenvalue weighted by Crippen LogP contribution is 2.17. The normalized spacial score (nSPS) is 21.1. The van der Waals surface area contributed by atoms with Crippen molar-refractivity contribution in [2.45, 2.75) is 37.9 Å². The maximum atomic E-state index is 10.1. The van der Waals surface area contributed by atoms with Crippen molar-refractivity contribution in [3.63, 3.8) is 0 Å². The number of rotatable bonds is 4. The quantitative estimate of drug-likeness (QED) is 0.358. The Morgan fingerprint density at radius 1 is 1.58 bits per heavy atom. The number of hydrogen-bond donors (Lipinski definition) is 2. The van der Waals surface area contributed by atoms with Gasteiger partial charge in [0.05, 0.1) is 0 Å². The van der Waals surface area contributed by atoms with Gasteiger partial charge in [0, 0.05) is 11.0 Å². The van der Waals surface area contributed by atoms with Gasteiger partial charge in [-0.2, -0.15) is 0 Å². The van der Waals surface area contributed by atoms with Crippen LogP contribution in [0.3, 0.4) is 0 Å². The van der Waals surface area contributed by atoms with Crippen molar-refractivity contribution in [3.8, 4) is 0 Å². The Hall–Kier alpha value is -0.680. The average Bonchev–Trinajstić information content (AvgIpc) is 2.37. The Morgan fingerprint density at radius 3 is 2.67 bits per heavy atom. The first kappa shape index (κ1) is 9.41. The second-order valence-corrected chi connectivity index (χ2v) is 3.27. The van der Waals surface area contributed by atoms with Crippen LogP contribution >= 0.6 is 0 Å². The van der Waals surface area contributed by atoms with E-state index in [9.17, 15) is 10.1 Å². The minimum Gasteiger partial charge on any atom is -0.310 e. The lowest BCUT2D eigenvalue weighted by Crippen LogP contribution is -2.47. The first-order chi connectivity index (χ1) is 5.68. The second-order valence-electron chi connectivity index (χ2n) is 3.27. The van der Waals surface area contributed by atoms with Gasteiger partial charge in [0.1, 0.15) is 6.17 Å². The van der Waals surface area contributed by atoms with E-state index in [1.807, 2.05) is 0 Å². The van der Waals surface area contributed by atoms with Crippen LogP contribution in [0.4, 0.5) is 0 Å². The molecule has 0 heterocycles. The van der Waals surface area contributed by atoms with Crippen molar-refractivity contribution in [1.29, 1.82) is 0 Å². The van der Waals surface area contributed by atoms with Crippen molar-refractivity contribution in [2.24, 2.45) is 5.73 Å². The summed E-state index contributed by atoms with van der Waals surface area (Å²) in [5.74, 6) is 0. The lowest BCUT2D eigenvalue weighted by atomic mass is 10.2. The highest BCUT2D eigenvalue weighted by molar-refractivity contribution is 4.75. The summed E-state index contributed by atoms with van der Waals surface area (Å²) in [6, 6.07) is 0.403. The monoisotopic (exact) mass is 173 g/mol. The lowest BCUT2D eigenvalue weighted by Gasteiger charge is -2.15. The van der Waals surface area contributed by atoms with Gasteiger partial charge in [-0.1, -0.05) is 12.8 Å². The van der Waals surface area contributed by atoms with Crippen LogP contribution in [-0.2, 0) is 0 Å². The molecule has 0 aliphatic heterocycles. The molecule has 0 aromatic carbocycles. The molecule has 1 fully saturated rings. The Labute approximate surface area is 71.5 Å². The van der Waals surface area contributed by atoms with E-state index in [-0.39, 0.29) is 11.5 Å². The summed E-state index contributed by atoms with van der Waals surface area (Å²) in [4.78, 5) is 9.69. The van der Waals surface area contributed by atoms with Gasteiger partial charge >= 0.3 is 0 Å². The first-order valence-electron chi connectivity index (χ1n) is 4.32. The molecule has 5 nitrogen and oxygen atoms in total. The number of nitrogens with zero attached hydrogens (tertiary/aromatic N) is 1. The minimum atomic E-state index is -0.483. The zero-order valence-electron chi connectivity index (χ0n) is 7.03. The van der Waals surface area contributed by atoms with Gasteiger partial charge in [-0.25, -0.2) is 0 Å². The summed E-state index contributed by atoms with van der Waals surface area (Å²) in [6.45, 7) is -0.184. The molecular formula is C7H15N3O2. The fourth-order valence-corrected chi connectivity index (χ4v) is 1.61. The summed E-state index contributed by atoms with van der Waals surface area (Å²) in [7, 11) is 0. The standard InChI is InChI=1S/C7H15N3O2/c8-7(5-10(11)12)9-6-3-1-2-4-6/h6-7,9H,1-5,8H2. The SMILES string of the molecule is NC(C[N+](=O)[O-])NC1CCCC1. The number of nitrogens with two attached hydrogens (primary N) is 1. The Balaban J connectivity index is 2.16. The van der Waals surface area contributed by atoms with Crippen LogP contribution in [0.2, 0.25) is 0 Å². The molecule has 3 N–H and O–H groups in total. The van der Waals surface area contributed by atoms with E-state index in [1.54, 1.807) is 0 Å². The molecule has 0 saturated heterocycles. The molecule has 5 heteroatoms. The third-order valence-electron chi connectivity index (χ3n) is 2.15. The van der Waals surface area contributed by atoms with Crippen molar-refractivity contribution in [2.75, 3.05) is 6.54 Å². The van der Waals surface area contributed by atoms with E-state index in [4.69, 9.17) is 5.73 Å². The Kier molecular flexibility index (Phi) is 3.43. The topological polar surface area (TPSA) is 81.2 Å². The fraction of sp³-hybridized carbons (Fsp3) is 1.00. The van der Waals surface area contributed by atoms with E-state index in [0.717, 1.165) is 12.8 Å². The highest BCUT2D eigenvalue weighted by Gasteiger charge is 2.19. The molecule has 0 aromatic rings. The Morgan fingerprint density at radius 2 is 2.17 bits per heavy atom. The van der Waals surface area contributed by atoms with Crippen LogP contribution in [0.25, 0.3) is 0 Å². The predicted octanol–water partition coefficient (Wildman–Crippen LogP) is 0.0801. The maximum Gasteiger partial charge on any atom is 0.231 e. The number of hydrogen-bond acceptors (Lipinski definition) is 4. The van der Waals surface area contributed by atoms with Crippen LogP contribution in [-0.4, -0.2) is 23.7 Å². The van der Waals surface area contributed by atoms with Gasteiger partial charge in [-0.05, 0) is 12.8 Å². The lowest BCUT2D eigenvalue weighted by molar-refractivity contribution is -0.483. The summed E-state index contributed by atoms with van der Waals surface area (Å²) in [5.41, 5.74) is 5.50. The predicted molar refractivity (Wildman–Crippen MR) is 45.2 cm³/mol. The van der Waals surface area contributed by atoms with Gasteiger partial charge in [0.2, 0.25) is 6.54 Å². The van der Waals surface area contributed by atoms with Crippen LogP contribution in [0.15, 0.2) is 0 Å². The van der Waals surface area contributed by atoms with Gasteiger partial charge in [-0.3, -0.25) is 15.4 Å². The molecule has 1 saturated carbocycles. The van der Waals surface area contributed by atoms with Crippen LogP contribution in [0.1, 0.15) is 25.7 Å². The largest absolute Gasteiger partial charge is 0.310 e. The zero-order chi connectivity index (χ0) is 8.97. The molecular weight excluding hydrogens is 158 g/mol. The van der Waals surface area contributed by atoms with Gasteiger partial charge < -0.3 is 5.73 Å². The van der Waals surface area contributed by atoms with E-state index in [2.05, 4.69) is 5.32 Å². The summed E-state index contributed by atoms with van der Waals surface area (Å²) >= 11 is 0. The fourth-order valence-electron chi connectivity index (χ4n) is 1.61. The van der Waals surface area contributed by atoms with Gasteiger partial charge in [0.25, 0.3) is 0 Å². The zero-order valence-corrected chi connectivity index (χ0v) is 7.03. The van der Waals surface area contributed by atoms with E-state index in [1.165, 1.54) is 12.8 Å². The maximum absolute atomic E-state index is 10.1.